The SMILES string of the molecule is Cc1cccc(C)c1NC(=O)C[C@H](C)S(=O)(=O)c1ccc2c(c1)NC(=O)CS2. The number of para-hydroxylation sites is 1. The van der Waals surface area contributed by atoms with Gasteiger partial charge in [-0.1, -0.05) is 18.2 Å². The molecule has 6 nitrogen and oxygen atoms in total. The molecular weight excluding hydrogens is 396 g/mol. The number of benzene rings is 2. The molecule has 0 unspecified atom stereocenters. The fourth-order valence-electron chi connectivity index (χ4n) is 3.04. The van der Waals surface area contributed by atoms with Crippen LogP contribution in [0.4, 0.5) is 11.4 Å². The van der Waals surface area contributed by atoms with Gasteiger partial charge in [-0.25, -0.2) is 8.42 Å². The molecule has 0 fully saturated rings. The Morgan fingerprint density at radius 2 is 1.89 bits per heavy atom. The van der Waals surface area contributed by atoms with Gasteiger partial charge < -0.3 is 10.6 Å². The summed E-state index contributed by atoms with van der Waals surface area (Å²) in [6, 6.07) is 10.4. The van der Waals surface area contributed by atoms with E-state index >= 15 is 0 Å². The van der Waals surface area contributed by atoms with Crippen LogP contribution in [0, 0.1) is 13.8 Å². The molecule has 2 aromatic carbocycles. The molecule has 2 N–H and O–H groups in total. The number of hydrogen-bond donors (Lipinski definition) is 2. The van der Waals surface area contributed by atoms with Crippen LogP contribution < -0.4 is 10.6 Å². The molecule has 0 aliphatic carbocycles. The van der Waals surface area contributed by atoms with Gasteiger partial charge in [-0.3, -0.25) is 9.59 Å². The Balaban J connectivity index is 1.76. The van der Waals surface area contributed by atoms with E-state index in [1.54, 1.807) is 6.07 Å². The molecule has 148 valence electrons. The summed E-state index contributed by atoms with van der Waals surface area (Å²) in [6.45, 7) is 5.30. The molecule has 0 saturated heterocycles. The number of fused-ring (bicyclic) bond motifs is 1. The predicted molar refractivity (Wildman–Crippen MR) is 112 cm³/mol. The summed E-state index contributed by atoms with van der Waals surface area (Å²) in [4.78, 5) is 24.9. The molecule has 0 radical (unpaired) electrons. The molecule has 1 heterocycles. The van der Waals surface area contributed by atoms with Crippen molar-refractivity contribution in [3.05, 3.63) is 47.5 Å². The first kappa shape index (κ1) is 20.4. The van der Waals surface area contributed by atoms with Crippen LogP contribution in [0.25, 0.3) is 0 Å². The van der Waals surface area contributed by atoms with Gasteiger partial charge in [-0.05, 0) is 50.1 Å². The Kier molecular flexibility index (Phi) is 5.81. The molecule has 0 bridgehead atoms. The number of rotatable bonds is 5. The van der Waals surface area contributed by atoms with Gasteiger partial charge in [0.15, 0.2) is 9.84 Å². The van der Waals surface area contributed by atoms with E-state index in [0.29, 0.717) is 17.1 Å². The minimum atomic E-state index is -3.72. The van der Waals surface area contributed by atoms with E-state index in [0.717, 1.165) is 16.0 Å². The van der Waals surface area contributed by atoms with Crippen LogP contribution in [0.3, 0.4) is 0 Å². The van der Waals surface area contributed by atoms with E-state index in [2.05, 4.69) is 10.6 Å². The molecule has 2 amide bonds. The van der Waals surface area contributed by atoms with Crippen molar-refractivity contribution >= 4 is 44.8 Å². The Morgan fingerprint density at radius 3 is 2.57 bits per heavy atom. The zero-order chi connectivity index (χ0) is 20.5. The van der Waals surface area contributed by atoms with Crippen LogP contribution >= 0.6 is 11.8 Å². The minimum Gasteiger partial charge on any atom is -0.326 e. The number of amides is 2. The maximum Gasteiger partial charge on any atom is 0.234 e. The number of thioether (sulfide) groups is 1. The van der Waals surface area contributed by atoms with Crippen LogP contribution in [0.2, 0.25) is 0 Å². The van der Waals surface area contributed by atoms with E-state index in [1.807, 2.05) is 32.0 Å². The maximum atomic E-state index is 12.9. The van der Waals surface area contributed by atoms with Crippen molar-refractivity contribution in [2.45, 2.75) is 42.2 Å². The number of nitrogens with one attached hydrogen (secondary N) is 2. The molecule has 28 heavy (non-hydrogen) atoms. The minimum absolute atomic E-state index is 0.0985. The second kappa shape index (κ2) is 7.97. The lowest BCUT2D eigenvalue weighted by atomic mass is 10.1. The normalized spacial score (nSPS) is 14.8. The van der Waals surface area contributed by atoms with Crippen molar-refractivity contribution in [3.63, 3.8) is 0 Å². The zero-order valence-electron chi connectivity index (χ0n) is 15.9. The summed E-state index contributed by atoms with van der Waals surface area (Å²) >= 11 is 1.37. The molecule has 8 heteroatoms. The molecule has 0 aromatic heterocycles. The Morgan fingerprint density at radius 1 is 1.21 bits per heavy atom. The Hall–Kier alpha value is -2.32. The van der Waals surface area contributed by atoms with Gasteiger partial charge in [0.2, 0.25) is 11.8 Å². The van der Waals surface area contributed by atoms with E-state index in [9.17, 15) is 18.0 Å². The van der Waals surface area contributed by atoms with Crippen molar-refractivity contribution in [3.8, 4) is 0 Å². The summed E-state index contributed by atoms with van der Waals surface area (Å²) < 4.78 is 25.8. The van der Waals surface area contributed by atoms with Gasteiger partial charge in [0.1, 0.15) is 0 Å². The molecule has 1 aliphatic heterocycles. The number of carbonyl (C=O) groups excluding carboxylic acids is 2. The monoisotopic (exact) mass is 418 g/mol. The fourth-order valence-corrected chi connectivity index (χ4v) is 5.21. The molecular formula is C20H22N2O4S2. The fraction of sp³-hybridized carbons (Fsp3) is 0.300. The van der Waals surface area contributed by atoms with Crippen molar-refractivity contribution < 1.29 is 18.0 Å². The first-order valence-corrected chi connectivity index (χ1v) is 11.4. The third-order valence-corrected chi connectivity index (χ3v) is 7.87. The highest BCUT2D eigenvalue weighted by Crippen LogP contribution is 2.34. The van der Waals surface area contributed by atoms with Crippen LogP contribution in [0.5, 0.6) is 0 Å². The second-order valence-corrected chi connectivity index (χ2v) is 10.3. The standard InChI is InChI=1S/C20H22N2O4S2/c1-12-5-4-6-13(2)20(12)22-18(23)9-14(3)28(25,26)15-7-8-17-16(10-15)21-19(24)11-27-17/h4-8,10,14H,9,11H2,1-3H3,(H,21,24)(H,22,23)/t14-/m0/s1. The second-order valence-electron chi connectivity index (χ2n) is 6.87. The van der Waals surface area contributed by atoms with Gasteiger partial charge in [0.05, 0.1) is 21.6 Å². The van der Waals surface area contributed by atoms with Crippen molar-refractivity contribution in [2.24, 2.45) is 0 Å². The first-order valence-electron chi connectivity index (χ1n) is 8.85. The smallest absolute Gasteiger partial charge is 0.234 e. The maximum absolute atomic E-state index is 12.9. The van der Waals surface area contributed by atoms with E-state index in [1.165, 1.54) is 30.8 Å². The van der Waals surface area contributed by atoms with Crippen molar-refractivity contribution in [2.75, 3.05) is 16.4 Å². The Labute approximate surface area is 169 Å². The molecule has 3 rings (SSSR count). The molecule has 0 saturated carbocycles. The quantitative estimate of drug-likeness (QED) is 0.775. The van der Waals surface area contributed by atoms with Crippen molar-refractivity contribution in [1.29, 1.82) is 0 Å². The van der Waals surface area contributed by atoms with Gasteiger partial charge in [0, 0.05) is 17.0 Å². The predicted octanol–water partition coefficient (Wildman–Crippen LogP) is 3.54. The largest absolute Gasteiger partial charge is 0.326 e. The van der Waals surface area contributed by atoms with Crippen LogP contribution in [0.15, 0.2) is 46.2 Å². The average Bonchev–Trinajstić information content (AvgIpc) is 2.64. The Bertz CT molecular complexity index is 1030. The van der Waals surface area contributed by atoms with E-state index < -0.39 is 15.1 Å². The highest BCUT2D eigenvalue weighted by Gasteiger charge is 2.27. The topological polar surface area (TPSA) is 92.3 Å². The lowest BCUT2D eigenvalue weighted by Gasteiger charge is -2.19. The van der Waals surface area contributed by atoms with Crippen molar-refractivity contribution in [1.82, 2.24) is 0 Å². The third-order valence-electron chi connectivity index (χ3n) is 4.66. The summed E-state index contributed by atoms with van der Waals surface area (Å²) in [5.41, 5.74) is 3.05. The van der Waals surface area contributed by atoms with Gasteiger partial charge in [-0.15, -0.1) is 11.8 Å². The van der Waals surface area contributed by atoms with Crippen LogP contribution in [-0.2, 0) is 19.4 Å². The van der Waals surface area contributed by atoms with Gasteiger partial charge in [-0.2, -0.15) is 0 Å². The first-order chi connectivity index (χ1) is 13.2. The highest BCUT2D eigenvalue weighted by molar-refractivity contribution is 8.00. The number of carbonyl (C=O) groups is 2. The van der Waals surface area contributed by atoms with Crippen LogP contribution in [-0.4, -0.2) is 31.2 Å². The third kappa shape index (κ3) is 4.23. The van der Waals surface area contributed by atoms with Gasteiger partial charge in [0.25, 0.3) is 0 Å². The molecule has 0 spiro atoms. The summed E-state index contributed by atoms with van der Waals surface area (Å²) in [5.74, 6) is -0.197. The summed E-state index contributed by atoms with van der Waals surface area (Å²) in [7, 11) is -3.72. The van der Waals surface area contributed by atoms with E-state index in [4.69, 9.17) is 0 Å². The van der Waals surface area contributed by atoms with E-state index in [-0.39, 0.29) is 23.1 Å². The highest BCUT2D eigenvalue weighted by atomic mass is 32.2. The zero-order valence-corrected chi connectivity index (χ0v) is 17.5. The lowest BCUT2D eigenvalue weighted by Crippen LogP contribution is -2.26. The van der Waals surface area contributed by atoms with Crippen LogP contribution in [0.1, 0.15) is 24.5 Å². The summed E-state index contributed by atoms with van der Waals surface area (Å²) in [5, 5.41) is 4.62. The number of sulfone groups is 1. The molecule has 1 atom stereocenters. The number of anilines is 2. The molecule has 1 aliphatic rings. The van der Waals surface area contributed by atoms with Gasteiger partial charge >= 0.3 is 0 Å². The summed E-state index contributed by atoms with van der Waals surface area (Å²) in [6.07, 6.45) is -0.158. The number of hydrogen-bond acceptors (Lipinski definition) is 5. The molecule has 2 aromatic rings. The average molecular weight is 419 g/mol. The lowest BCUT2D eigenvalue weighted by molar-refractivity contribution is -0.116. The number of aryl methyl sites for hydroxylation is 2.